The summed E-state index contributed by atoms with van der Waals surface area (Å²) in [4.78, 5) is 14.2. The molecule has 0 fully saturated rings. The van der Waals surface area contributed by atoms with Crippen LogP contribution in [0.1, 0.15) is 22.8 Å². The molecule has 1 amide bonds. The van der Waals surface area contributed by atoms with Crippen molar-refractivity contribution in [2.24, 2.45) is 0 Å². The second-order valence-corrected chi connectivity index (χ2v) is 4.17. The summed E-state index contributed by atoms with van der Waals surface area (Å²) in [7, 11) is 1.63. The first-order valence-electron chi connectivity index (χ1n) is 5.89. The van der Waals surface area contributed by atoms with E-state index in [4.69, 9.17) is 4.74 Å². The SMILES string of the molecule is CCN1CCNC(=O)c2cc(OC)c(C)cc21. The summed E-state index contributed by atoms with van der Waals surface area (Å²) in [5.41, 5.74) is 2.76. The molecule has 0 aliphatic carbocycles. The van der Waals surface area contributed by atoms with Crippen LogP contribution in [0.4, 0.5) is 5.69 Å². The lowest BCUT2D eigenvalue weighted by molar-refractivity contribution is 0.0957. The molecule has 0 atom stereocenters. The maximum atomic E-state index is 12.0. The van der Waals surface area contributed by atoms with Crippen molar-refractivity contribution in [3.05, 3.63) is 23.3 Å². The number of likely N-dealkylation sites (N-methyl/N-ethyl adjacent to an activating group) is 1. The fraction of sp³-hybridized carbons (Fsp3) is 0.462. The van der Waals surface area contributed by atoms with Gasteiger partial charge in [-0.2, -0.15) is 0 Å². The monoisotopic (exact) mass is 234 g/mol. The molecule has 17 heavy (non-hydrogen) atoms. The van der Waals surface area contributed by atoms with Gasteiger partial charge in [-0.3, -0.25) is 4.79 Å². The van der Waals surface area contributed by atoms with E-state index < -0.39 is 0 Å². The highest BCUT2D eigenvalue weighted by molar-refractivity contribution is 6.01. The van der Waals surface area contributed by atoms with Crippen LogP contribution in [-0.2, 0) is 0 Å². The minimum absolute atomic E-state index is 0.0192. The van der Waals surface area contributed by atoms with Crippen molar-refractivity contribution in [2.45, 2.75) is 13.8 Å². The molecular weight excluding hydrogens is 216 g/mol. The smallest absolute Gasteiger partial charge is 0.253 e. The molecule has 4 nitrogen and oxygen atoms in total. The number of ether oxygens (including phenoxy) is 1. The molecule has 1 aliphatic heterocycles. The molecule has 2 rings (SSSR count). The summed E-state index contributed by atoms with van der Waals surface area (Å²) in [5, 5.41) is 2.90. The van der Waals surface area contributed by atoms with Crippen LogP contribution in [0, 0.1) is 6.92 Å². The first kappa shape index (κ1) is 11.8. The highest BCUT2D eigenvalue weighted by Crippen LogP contribution is 2.30. The predicted molar refractivity (Wildman–Crippen MR) is 68.0 cm³/mol. The minimum atomic E-state index is -0.0192. The van der Waals surface area contributed by atoms with E-state index in [1.807, 2.05) is 19.1 Å². The standard InChI is InChI=1S/C13H18N2O2/c1-4-15-6-5-14-13(16)10-8-12(17-3)9(2)7-11(10)15/h7-8H,4-6H2,1-3H3,(H,14,16). The van der Waals surface area contributed by atoms with Gasteiger partial charge in [0.2, 0.25) is 0 Å². The van der Waals surface area contributed by atoms with Crippen molar-refractivity contribution in [3.8, 4) is 5.75 Å². The number of amides is 1. The number of anilines is 1. The normalized spacial score (nSPS) is 15.0. The van der Waals surface area contributed by atoms with Gasteiger partial charge in [0.25, 0.3) is 5.91 Å². The molecule has 0 spiro atoms. The zero-order valence-electron chi connectivity index (χ0n) is 10.5. The maximum Gasteiger partial charge on any atom is 0.253 e. The topological polar surface area (TPSA) is 41.6 Å². The molecule has 0 bridgehead atoms. The fourth-order valence-electron chi connectivity index (χ4n) is 2.18. The molecule has 4 heteroatoms. The molecule has 0 saturated carbocycles. The Morgan fingerprint density at radius 2 is 2.24 bits per heavy atom. The molecule has 1 N–H and O–H groups in total. The predicted octanol–water partition coefficient (Wildman–Crippen LogP) is 1.57. The van der Waals surface area contributed by atoms with Crippen molar-refractivity contribution in [1.82, 2.24) is 5.32 Å². The van der Waals surface area contributed by atoms with Crippen molar-refractivity contribution < 1.29 is 9.53 Å². The summed E-state index contributed by atoms with van der Waals surface area (Å²) in [6, 6.07) is 3.86. The number of carbonyl (C=O) groups is 1. The number of methoxy groups -OCH3 is 1. The first-order valence-corrected chi connectivity index (χ1v) is 5.89. The number of nitrogens with zero attached hydrogens (tertiary/aromatic N) is 1. The van der Waals surface area contributed by atoms with E-state index in [0.29, 0.717) is 12.1 Å². The maximum absolute atomic E-state index is 12.0. The number of benzene rings is 1. The second kappa shape index (κ2) is 4.65. The van der Waals surface area contributed by atoms with Gasteiger partial charge in [0.15, 0.2) is 0 Å². The lowest BCUT2D eigenvalue weighted by atomic mass is 10.1. The summed E-state index contributed by atoms with van der Waals surface area (Å²) < 4.78 is 5.27. The summed E-state index contributed by atoms with van der Waals surface area (Å²) in [5.74, 6) is 0.742. The molecule has 1 aliphatic rings. The van der Waals surface area contributed by atoms with Gasteiger partial charge in [-0.05, 0) is 31.5 Å². The number of fused-ring (bicyclic) bond motifs is 1. The molecule has 0 radical (unpaired) electrons. The van der Waals surface area contributed by atoms with Crippen molar-refractivity contribution in [1.29, 1.82) is 0 Å². The number of hydrogen-bond acceptors (Lipinski definition) is 3. The van der Waals surface area contributed by atoms with Crippen LogP contribution in [0.25, 0.3) is 0 Å². The van der Waals surface area contributed by atoms with E-state index in [-0.39, 0.29) is 5.91 Å². The van der Waals surface area contributed by atoms with E-state index >= 15 is 0 Å². The lowest BCUT2D eigenvalue weighted by Gasteiger charge is -2.23. The third-order valence-corrected chi connectivity index (χ3v) is 3.15. The Balaban J connectivity index is 2.56. The third kappa shape index (κ3) is 2.07. The highest BCUT2D eigenvalue weighted by atomic mass is 16.5. The largest absolute Gasteiger partial charge is 0.496 e. The molecule has 92 valence electrons. The van der Waals surface area contributed by atoms with Gasteiger partial charge in [-0.1, -0.05) is 0 Å². The fourth-order valence-corrected chi connectivity index (χ4v) is 2.18. The molecular formula is C13H18N2O2. The Morgan fingerprint density at radius 3 is 2.88 bits per heavy atom. The van der Waals surface area contributed by atoms with Crippen LogP contribution in [0.15, 0.2) is 12.1 Å². The van der Waals surface area contributed by atoms with E-state index in [2.05, 4.69) is 17.1 Å². The van der Waals surface area contributed by atoms with Crippen molar-refractivity contribution in [3.63, 3.8) is 0 Å². The third-order valence-electron chi connectivity index (χ3n) is 3.15. The average Bonchev–Trinajstić information content (AvgIpc) is 2.48. The summed E-state index contributed by atoms with van der Waals surface area (Å²) in [6.45, 7) is 6.52. The number of aryl methyl sites for hydroxylation is 1. The Labute approximate surface area is 102 Å². The second-order valence-electron chi connectivity index (χ2n) is 4.17. The van der Waals surface area contributed by atoms with Crippen LogP contribution >= 0.6 is 0 Å². The average molecular weight is 234 g/mol. The molecule has 1 heterocycles. The van der Waals surface area contributed by atoms with E-state index in [0.717, 1.165) is 30.1 Å². The van der Waals surface area contributed by atoms with Crippen LogP contribution in [0.2, 0.25) is 0 Å². The van der Waals surface area contributed by atoms with Crippen LogP contribution in [0.5, 0.6) is 5.75 Å². The lowest BCUT2D eigenvalue weighted by Crippen LogP contribution is -2.29. The van der Waals surface area contributed by atoms with E-state index in [1.54, 1.807) is 7.11 Å². The molecule has 1 aromatic rings. The zero-order chi connectivity index (χ0) is 12.4. The Bertz CT molecular complexity index is 443. The number of rotatable bonds is 2. The Hall–Kier alpha value is -1.71. The van der Waals surface area contributed by atoms with Crippen molar-refractivity contribution >= 4 is 11.6 Å². The summed E-state index contributed by atoms with van der Waals surface area (Å²) in [6.07, 6.45) is 0. The van der Waals surface area contributed by atoms with Gasteiger partial charge in [0, 0.05) is 19.6 Å². The van der Waals surface area contributed by atoms with E-state index in [9.17, 15) is 4.79 Å². The molecule has 0 saturated heterocycles. The number of carbonyl (C=O) groups excluding carboxylic acids is 1. The highest BCUT2D eigenvalue weighted by Gasteiger charge is 2.21. The van der Waals surface area contributed by atoms with Gasteiger partial charge in [0.1, 0.15) is 5.75 Å². The molecule has 0 unspecified atom stereocenters. The number of hydrogen-bond donors (Lipinski definition) is 1. The van der Waals surface area contributed by atoms with Gasteiger partial charge >= 0.3 is 0 Å². The summed E-state index contributed by atoms with van der Waals surface area (Å²) >= 11 is 0. The van der Waals surface area contributed by atoms with Crippen molar-refractivity contribution in [2.75, 3.05) is 31.6 Å². The minimum Gasteiger partial charge on any atom is -0.496 e. The molecule has 1 aromatic carbocycles. The van der Waals surface area contributed by atoms with Gasteiger partial charge < -0.3 is 15.0 Å². The van der Waals surface area contributed by atoms with Gasteiger partial charge in [-0.25, -0.2) is 0 Å². The van der Waals surface area contributed by atoms with Gasteiger partial charge in [0.05, 0.1) is 18.4 Å². The number of nitrogens with one attached hydrogen (secondary N) is 1. The quantitative estimate of drug-likeness (QED) is 0.844. The zero-order valence-corrected chi connectivity index (χ0v) is 10.5. The van der Waals surface area contributed by atoms with Crippen LogP contribution in [-0.4, -0.2) is 32.7 Å². The Kier molecular flexibility index (Phi) is 3.22. The first-order chi connectivity index (χ1) is 8.17. The molecule has 0 aromatic heterocycles. The van der Waals surface area contributed by atoms with E-state index in [1.165, 1.54) is 0 Å². The Morgan fingerprint density at radius 1 is 1.47 bits per heavy atom. The van der Waals surface area contributed by atoms with Crippen LogP contribution < -0.4 is 15.0 Å². The van der Waals surface area contributed by atoms with Gasteiger partial charge in [-0.15, -0.1) is 0 Å². The van der Waals surface area contributed by atoms with Crippen LogP contribution in [0.3, 0.4) is 0 Å².